The minimum absolute atomic E-state index is 0.109. The molecule has 3 heterocycles. The number of carbonyl (C=O) groups is 2. The lowest BCUT2D eigenvalue weighted by molar-refractivity contribution is -0.136. The number of nitrogens with one attached hydrogen (secondary N) is 1. The number of carboxylic acid groups (broad SMARTS) is 1. The number of benzene rings is 1. The lowest BCUT2D eigenvalue weighted by atomic mass is 10.0. The number of hydrogen-bond donors (Lipinski definition) is 2. The molecule has 0 saturated carbocycles. The Morgan fingerprint density at radius 3 is 2.61 bits per heavy atom. The van der Waals surface area contributed by atoms with Crippen LogP contribution in [0.25, 0.3) is 22.2 Å². The van der Waals surface area contributed by atoms with Crippen LogP contribution in [0.4, 0.5) is 22.4 Å². The largest absolute Gasteiger partial charge is 0.465 e. The van der Waals surface area contributed by atoms with E-state index in [1.165, 1.54) is 23.2 Å². The molecular formula is C19H15F4N5O3. The Kier molecular flexibility index (Phi) is 5.21. The van der Waals surface area contributed by atoms with Crippen molar-refractivity contribution in [3.8, 4) is 11.1 Å². The van der Waals surface area contributed by atoms with E-state index >= 15 is 0 Å². The van der Waals surface area contributed by atoms with Crippen molar-refractivity contribution in [2.75, 3.05) is 13.1 Å². The minimum atomic E-state index is -3.01. The summed E-state index contributed by atoms with van der Waals surface area (Å²) in [7, 11) is 0. The van der Waals surface area contributed by atoms with E-state index in [-0.39, 0.29) is 42.3 Å². The Bertz CT molecular complexity index is 1180. The van der Waals surface area contributed by atoms with Gasteiger partial charge in [0.15, 0.2) is 0 Å². The van der Waals surface area contributed by atoms with Crippen LogP contribution in [-0.4, -0.2) is 55.9 Å². The summed E-state index contributed by atoms with van der Waals surface area (Å²) in [6.45, 7) is 0.0433. The second kappa shape index (κ2) is 7.85. The first-order chi connectivity index (χ1) is 14.7. The number of likely N-dealkylation sites (tertiary alicyclic amines) is 1. The second-order valence-electron chi connectivity index (χ2n) is 7.02. The van der Waals surface area contributed by atoms with E-state index < -0.39 is 35.8 Å². The van der Waals surface area contributed by atoms with Gasteiger partial charge >= 0.3 is 6.09 Å². The summed E-state index contributed by atoms with van der Waals surface area (Å²) >= 11 is 0. The van der Waals surface area contributed by atoms with E-state index in [4.69, 9.17) is 5.11 Å². The first-order valence-electron chi connectivity index (χ1n) is 9.10. The molecule has 4 rings (SSSR count). The molecule has 2 amide bonds. The van der Waals surface area contributed by atoms with Gasteiger partial charge in [-0.2, -0.15) is 4.39 Å². The van der Waals surface area contributed by atoms with Gasteiger partial charge in [-0.05, 0) is 23.8 Å². The number of amides is 2. The Morgan fingerprint density at radius 2 is 1.94 bits per heavy atom. The molecule has 1 aliphatic rings. The van der Waals surface area contributed by atoms with E-state index in [0.29, 0.717) is 5.56 Å². The first kappa shape index (κ1) is 20.6. The number of halogens is 4. The van der Waals surface area contributed by atoms with E-state index in [0.717, 1.165) is 16.8 Å². The van der Waals surface area contributed by atoms with Gasteiger partial charge in [0.1, 0.15) is 17.9 Å². The minimum Gasteiger partial charge on any atom is -0.465 e. The molecule has 31 heavy (non-hydrogen) atoms. The molecule has 1 aliphatic heterocycles. The summed E-state index contributed by atoms with van der Waals surface area (Å²) in [5.74, 6) is -2.35. The number of rotatable bonds is 5. The van der Waals surface area contributed by atoms with Crippen LogP contribution < -0.4 is 5.32 Å². The van der Waals surface area contributed by atoms with Crippen molar-refractivity contribution in [2.24, 2.45) is 0 Å². The van der Waals surface area contributed by atoms with Crippen molar-refractivity contribution in [1.82, 2.24) is 25.0 Å². The topological polar surface area (TPSA) is 100 Å². The summed E-state index contributed by atoms with van der Waals surface area (Å²) in [5, 5.41) is 14.6. The molecule has 0 bridgehead atoms. The molecule has 0 atom stereocenters. The predicted octanol–water partition coefficient (Wildman–Crippen LogP) is 2.79. The zero-order chi connectivity index (χ0) is 22.3. The Morgan fingerprint density at radius 1 is 1.19 bits per heavy atom. The Balaban J connectivity index is 1.59. The Hall–Kier alpha value is -3.70. The van der Waals surface area contributed by atoms with Crippen LogP contribution in [0.2, 0.25) is 0 Å². The molecule has 0 unspecified atom stereocenters. The SMILES string of the molecule is O=C(O)NC1CN(C(=O)Cn2nc(F)c3ncc(-c4ccc(F)c(C(F)F)c4)cc32)C1. The molecule has 1 saturated heterocycles. The van der Waals surface area contributed by atoms with Gasteiger partial charge in [-0.1, -0.05) is 6.07 Å². The normalized spacial score (nSPS) is 14.2. The molecule has 12 heteroatoms. The van der Waals surface area contributed by atoms with Crippen LogP contribution in [-0.2, 0) is 11.3 Å². The van der Waals surface area contributed by atoms with Gasteiger partial charge in [-0.3, -0.25) is 9.48 Å². The molecule has 162 valence electrons. The Labute approximate surface area is 172 Å². The van der Waals surface area contributed by atoms with Crippen molar-refractivity contribution >= 4 is 23.0 Å². The molecule has 2 N–H and O–H groups in total. The van der Waals surface area contributed by atoms with Crippen molar-refractivity contribution in [3.05, 3.63) is 47.8 Å². The van der Waals surface area contributed by atoms with Crippen LogP contribution in [0.3, 0.4) is 0 Å². The van der Waals surface area contributed by atoms with Crippen LogP contribution in [0, 0.1) is 11.8 Å². The number of fused-ring (bicyclic) bond motifs is 1. The van der Waals surface area contributed by atoms with E-state index in [9.17, 15) is 27.2 Å². The molecule has 1 aromatic carbocycles. The molecule has 0 aliphatic carbocycles. The fraction of sp³-hybridized carbons (Fsp3) is 0.263. The average Bonchev–Trinajstić information content (AvgIpc) is 2.99. The zero-order valence-corrected chi connectivity index (χ0v) is 15.7. The maximum absolute atomic E-state index is 14.2. The smallest absolute Gasteiger partial charge is 0.405 e. The molecule has 1 fully saturated rings. The maximum Gasteiger partial charge on any atom is 0.405 e. The van der Waals surface area contributed by atoms with Crippen molar-refractivity contribution in [3.63, 3.8) is 0 Å². The fourth-order valence-electron chi connectivity index (χ4n) is 3.36. The summed E-state index contributed by atoms with van der Waals surface area (Å²) in [6.07, 6.45) is -2.95. The number of pyridine rings is 1. The summed E-state index contributed by atoms with van der Waals surface area (Å²) in [5.41, 5.74) is -0.155. The second-order valence-corrected chi connectivity index (χ2v) is 7.02. The molecule has 0 radical (unpaired) electrons. The number of hydrogen-bond acceptors (Lipinski definition) is 4. The van der Waals surface area contributed by atoms with E-state index in [2.05, 4.69) is 15.4 Å². The van der Waals surface area contributed by atoms with Crippen LogP contribution in [0.1, 0.15) is 12.0 Å². The number of aromatic nitrogens is 3. The third-order valence-electron chi connectivity index (χ3n) is 4.96. The van der Waals surface area contributed by atoms with Gasteiger partial charge < -0.3 is 15.3 Å². The third-order valence-corrected chi connectivity index (χ3v) is 4.96. The standard InChI is InChI=1S/C19H15F4N5O3/c20-13-2-1-9(3-12(13)17(21)22)10-4-14-16(24-5-10)18(23)26-28(14)8-15(29)27-6-11(7-27)25-19(30)31/h1-5,11,17,25H,6-8H2,(H,30,31). The highest BCUT2D eigenvalue weighted by atomic mass is 19.3. The highest BCUT2D eigenvalue weighted by Crippen LogP contribution is 2.29. The van der Waals surface area contributed by atoms with Gasteiger partial charge in [0.05, 0.1) is 17.1 Å². The van der Waals surface area contributed by atoms with Gasteiger partial charge in [0, 0.05) is 24.8 Å². The molecule has 3 aromatic rings. The van der Waals surface area contributed by atoms with Crippen molar-refractivity contribution < 1.29 is 32.3 Å². The predicted molar refractivity (Wildman–Crippen MR) is 99.4 cm³/mol. The van der Waals surface area contributed by atoms with E-state index in [1.807, 2.05) is 0 Å². The highest BCUT2D eigenvalue weighted by Gasteiger charge is 2.32. The summed E-state index contributed by atoms with van der Waals surface area (Å²) in [4.78, 5) is 28.4. The van der Waals surface area contributed by atoms with Crippen LogP contribution in [0.5, 0.6) is 0 Å². The maximum atomic E-state index is 14.2. The molecule has 2 aromatic heterocycles. The highest BCUT2D eigenvalue weighted by molar-refractivity contribution is 5.84. The van der Waals surface area contributed by atoms with E-state index in [1.54, 1.807) is 0 Å². The first-order valence-corrected chi connectivity index (χ1v) is 9.10. The van der Waals surface area contributed by atoms with Crippen LogP contribution >= 0.6 is 0 Å². The number of nitrogens with zero attached hydrogens (tertiary/aromatic N) is 4. The number of alkyl halides is 2. The van der Waals surface area contributed by atoms with Gasteiger partial charge in [-0.25, -0.2) is 22.9 Å². The quantitative estimate of drug-likeness (QED) is 0.598. The van der Waals surface area contributed by atoms with Gasteiger partial charge in [-0.15, -0.1) is 5.10 Å². The van der Waals surface area contributed by atoms with Crippen molar-refractivity contribution in [1.29, 1.82) is 0 Å². The van der Waals surface area contributed by atoms with Gasteiger partial charge in [0.2, 0.25) is 5.91 Å². The molecular weight excluding hydrogens is 422 g/mol. The summed E-state index contributed by atoms with van der Waals surface area (Å²) < 4.78 is 54.8. The lowest BCUT2D eigenvalue weighted by Gasteiger charge is -2.38. The van der Waals surface area contributed by atoms with Gasteiger partial charge in [0.25, 0.3) is 12.4 Å². The van der Waals surface area contributed by atoms with Crippen LogP contribution in [0.15, 0.2) is 30.5 Å². The fourth-order valence-corrected chi connectivity index (χ4v) is 3.36. The molecule has 0 spiro atoms. The lowest BCUT2D eigenvalue weighted by Crippen LogP contribution is -2.61. The molecule has 8 nitrogen and oxygen atoms in total. The zero-order valence-electron chi connectivity index (χ0n) is 15.7. The number of carbonyl (C=O) groups excluding carboxylic acids is 1. The summed E-state index contributed by atoms with van der Waals surface area (Å²) in [6, 6.07) is 4.25. The average molecular weight is 437 g/mol. The monoisotopic (exact) mass is 437 g/mol. The third kappa shape index (κ3) is 4.00. The van der Waals surface area contributed by atoms with Crippen molar-refractivity contribution in [2.45, 2.75) is 19.0 Å².